The largest absolute Gasteiger partial charge is 0.497 e. The zero-order valence-electron chi connectivity index (χ0n) is 15.0. The van der Waals surface area contributed by atoms with E-state index in [0.29, 0.717) is 22.2 Å². The van der Waals surface area contributed by atoms with Gasteiger partial charge in [-0.15, -0.1) is 0 Å². The normalized spacial score (nSPS) is 10.8. The smallest absolute Gasteiger partial charge is 0.273 e. The zero-order chi connectivity index (χ0) is 19.5. The van der Waals surface area contributed by atoms with Crippen molar-refractivity contribution in [1.82, 2.24) is 4.98 Å². The van der Waals surface area contributed by atoms with Gasteiger partial charge in [0.1, 0.15) is 11.4 Å². The second kappa shape index (κ2) is 8.00. The second-order valence-corrected chi connectivity index (χ2v) is 7.64. The van der Waals surface area contributed by atoms with E-state index in [9.17, 15) is 4.79 Å². The van der Waals surface area contributed by atoms with Crippen molar-refractivity contribution in [3.8, 4) is 5.75 Å². The first-order chi connectivity index (χ1) is 13.6. The van der Waals surface area contributed by atoms with E-state index in [1.807, 2.05) is 66.7 Å². The number of amides is 1. The Kier molecular flexibility index (Phi) is 5.28. The molecule has 0 aliphatic rings. The fourth-order valence-electron chi connectivity index (χ4n) is 2.90. The van der Waals surface area contributed by atoms with E-state index in [4.69, 9.17) is 16.3 Å². The summed E-state index contributed by atoms with van der Waals surface area (Å²) in [6.07, 6.45) is 0. The van der Waals surface area contributed by atoms with Gasteiger partial charge >= 0.3 is 0 Å². The number of nitrogens with one attached hydrogen (secondary N) is 2. The number of rotatable bonds is 5. The number of H-pyrrole nitrogens is 1. The minimum atomic E-state index is -0.207. The van der Waals surface area contributed by atoms with Crippen LogP contribution in [0, 0.1) is 0 Å². The van der Waals surface area contributed by atoms with Crippen LogP contribution in [0.25, 0.3) is 10.9 Å². The number of hydrogen-bond acceptors (Lipinski definition) is 3. The summed E-state index contributed by atoms with van der Waals surface area (Å²) in [5.74, 6) is 0.478. The van der Waals surface area contributed by atoms with E-state index in [1.54, 1.807) is 13.2 Å². The number of fused-ring (bicyclic) bond motifs is 1. The van der Waals surface area contributed by atoms with E-state index in [2.05, 4.69) is 10.3 Å². The number of hydrogen-bond donors (Lipinski definition) is 2. The highest BCUT2D eigenvalue weighted by Gasteiger charge is 2.19. The first-order valence-corrected chi connectivity index (χ1v) is 9.83. The number of aromatic nitrogens is 1. The number of ether oxygens (including phenoxy) is 1. The van der Waals surface area contributed by atoms with Crippen molar-refractivity contribution in [2.75, 3.05) is 12.4 Å². The van der Waals surface area contributed by atoms with Gasteiger partial charge in [-0.25, -0.2) is 0 Å². The van der Waals surface area contributed by atoms with Crippen LogP contribution < -0.4 is 10.1 Å². The van der Waals surface area contributed by atoms with Crippen LogP contribution in [0.2, 0.25) is 5.02 Å². The van der Waals surface area contributed by atoms with Crippen LogP contribution in [0.1, 0.15) is 10.5 Å². The standard InChI is InChI=1S/C22H17ClN2O2S/c1-27-16-6-4-5-15(13-16)24-22(26)20-21(18-7-2-3-8-19(18)25-20)28-17-11-9-14(23)10-12-17/h2-13,25H,1H3,(H,24,26). The Morgan fingerprint density at radius 2 is 1.82 bits per heavy atom. The summed E-state index contributed by atoms with van der Waals surface area (Å²) in [7, 11) is 1.60. The first-order valence-electron chi connectivity index (χ1n) is 8.63. The second-order valence-electron chi connectivity index (χ2n) is 6.12. The molecular weight excluding hydrogens is 392 g/mol. The summed E-state index contributed by atoms with van der Waals surface area (Å²) in [5.41, 5.74) is 2.10. The molecule has 0 spiro atoms. The molecule has 0 saturated heterocycles. The summed E-state index contributed by atoms with van der Waals surface area (Å²) in [6, 6.07) is 22.7. The van der Waals surface area contributed by atoms with Crippen LogP contribution in [0.4, 0.5) is 5.69 Å². The van der Waals surface area contributed by atoms with Crippen molar-refractivity contribution in [2.24, 2.45) is 0 Å². The molecule has 28 heavy (non-hydrogen) atoms. The monoisotopic (exact) mass is 408 g/mol. The van der Waals surface area contributed by atoms with Gasteiger partial charge in [-0.05, 0) is 42.5 Å². The van der Waals surface area contributed by atoms with E-state index in [1.165, 1.54) is 11.8 Å². The third-order valence-electron chi connectivity index (χ3n) is 4.25. The highest BCUT2D eigenvalue weighted by atomic mass is 35.5. The molecule has 0 atom stereocenters. The van der Waals surface area contributed by atoms with E-state index >= 15 is 0 Å². The maximum Gasteiger partial charge on any atom is 0.273 e. The van der Waals surface area contributed by atoms with Gasteiger partial charge in [0.15, 0.2) is 0 Å². The lowest BCUT2D eigenvalue weighted by Crippen LogP contribution is -2.13. The van der Waals surface area contributed by atoms with Crippen molar-refractivity contribution in [3.63, 3.8) is 0 Å². The number of anilines is 1. The SMILES string of the molecule is COc1cccc(NC(=O)c2[nH]c3ccccc3c2Sc2ccc(Cl)cc2)c1. The molecule has 2 N–H and O–H groups in total. The predicted octanol–water partition coefficient (Wildman–Crippen LogP) is 6.23. The van der Waals surface area contributed by atoms with Crippen molar-refractivity contribution in [2.45, 2.75) is 9.79 Å². The molecule has 1 amide bonds. The Hall–Kier alpha value is -2.89. The highest BCUT2D eigenvalue weighted by Crippen LogP contribution is 2.37. The minimum absolute atomic E-state index is 0.207. The minimum Gasteiger partial charge on any atom is -0.497 e. The van der Waals surface area contributed by atoms with Gasteiger partial charge in [0, 0.05) is 32.6 Å². The molecule has 0 unspecified atom stereocenters. The number of aromatic amines is 1. The van der Waals surface area contributed by atoms with Gasteiger partial charge < -0.3 is 15.0 Å². The van der Waals surface area contributed by atoms with Crippen molar-refractivity contribution in [1.29, 1.82) is 0 Å². The van der Waals surface area contributed by atoms with E-state index < -0.39 is 0 Å². The van der Waals surface area contributed by atoms with Crippen molar-refractivity contribution >= 4 is 45.9 Å². The van der Waals surface area contributed by atoms with Gasteiger partial charge in [0.2, 0.25) is 0 Å². The molecule has 1 aromatic heterocycles. The number of halogens is 1. The van der Waals surface area contributed by atoms with E-state index in [-0.39, 0.29) is 5.91 Å². The highest BCUT2D eigenvalue weighted by molar-refractivity contribution is 7.99. The van der Waals surface area contributed by atoms with Gasteiger partial charge in [0.25, 0.3) is 5.91 Å². The molecular formula is C22H17ClN2O2S. The molecule has 0 radical (unpaired) electrons. The number of benzene rings is 3. The molecule has 6 heteroatoms. The average Bonchev–Trinajstić information content (AvgIpc) is 3.08. The topological polar surface area (TPSA) is 54.1 Å². The van der Waals surface area contributed by atoms with Crippen LogP contribution >= 0.6 is 23.4 Å². The molecule has 4 rings (SSSR count). The molecule has 0 fully saturated rings. The summed E-state index contributed by atoms with van der Waals surface area (Å²) < 4.78 is 5.23. The summed E-state index contributed by atoms with van der Waals surface area (Å²) in [5, 5.41) is 4.62. The molecule has 140 valence electrons. The Bertz CT molecular complexity index is 1140. The fourth-order valence-corrected chi connectivity index (χ4v) is 4.06. The summed E-state index contributed by atoms with van der Waals surface area (Å²) in [6.45, 7) is 0. The molecule has 0 aliphatic heterocycles. The molecule has 4 nitrogen and oxygen atoms in total. The van der Waals surface area contributed by atoms with Gasteiger partial charge in [-0.3, -0.25) is 4.79 Å². The molecule has 0 saturated carbocycles. The molecule has 3 aromatic carbocycles. The molecule has 4 aromatic rings. The maximum atomic E-state index is 13.0. The Balaban J connectivity index is 1.71. The fraction of sp³-hybridized carbons (Fsp3) is 0.0455. The van der Waals surface area contributed by atoms with Crippen LogP contribution in [-0.2, 0) is 0 Å². The summed E-state index contributed by atoms with van der Waals surface area (Å²) >= 11 is 7.53. The number of carbonyl (C=O) groups is 1. The Morgan fingerprint density at radius 3 is 2.61 bits per heavy atom. The lowest BCUT2D eigenvalue weighted by Gasteiger charge is -2.08. The lowest BCUT2D eigenvalue weighted by atomic mass is 10.2. The third kappa shape index (κ3) is 3.86. The third-order valence-corrected chi connectivity index (χ3v) is 5.63. The van der Waals surface area contributed by atoms with Gasteiger partial charge in [-0.1, -0.05) is 47.6 Å². The number of carbonyl (C=O) groups excluding carboxylic acids is 1. The molecule has 0 aliphatic carbocycles. The van der Waals surface area contributed by atoms with Crippen molar-refractivity contribution in [3.05, 3.63) is 83.5 Å². The predicted molar refractivity (Wildman–Crippen MR) is 115 cm³/mol. The first kappa shape index (κ1) is 18.5. The van der Waals surface area contributed by atoms with Crippen LogP contribution in [0.3, 0.4) is 0 Å². The number of methoxy groups -OCH3 is 1. The van der Waals surface area contributed by atoms with Crippen LogP contribution in [0.15, 0.2) is 82.6 Å². The zero-order valence-corrected chi connectivity index (χ0v) is 16.6. The summed E-state index contributed by atoms with van der Waals surface area (Å²) in [4.78, 5) is 18.2. The van der Waals surface area contributed by atoms with Crippen molar-refractivity contribution < 1.29 is 9.53 Å². The lowest BCUT2D eigenvalue weighted by molar-refractivity contribution is 0.102. The number of para-hydroxylation sites is 1. The van der Waals surface area contributed by atoms with Crippen LogP contribution in [0.5, 0.6) is 5.75 Å². The quantitative estimate of drug-likeness (QED) is 0.411. The van der Waals surface area contributed by atoms with Crippen LogP contribution in [-0.4, -0.2) is 18.0 Å². The van der Waals surface area contributed by atoms with Gasteiger partial charge in [-0.2, -0.15) is 0 Å². The van der Waals surface area contributed by atoms with Gasteiger partial charge in [0.05, 0.1) is 12.0 Å². The maximum absolute atomic E-state index is 13.0. The Labute approximate surface area is 171 Å². The average molecular weight is 409 g/mol. The molecule has 1 heterocycles. The Morgan fingerprint density at radius 1 is 1.04 bits per heavy atom. The molecule has 0 bridgehead atoms. The van der Waals surface area contributed by atoms with E-state index in [0.717, 1.165) is 20.7 Å².